The normalized spacial score (nSPS) is 13.5. The van der Waals surface area contributed by atoms with Gasteiger partial charge in [-0.25, -0.2) is 8.78 Å². The Morgan fingerprint density at radius 1 is 1.12 bits per heavy atom. The minimum Gasteiger partial charge on any atom is -0.490 e. The number of hydrogen-bond acceptors (Lipinski definition) is 5. The summed E-state index contributed by atoms with van der Waals surface area (Å²) in [5.74, 6) is -1.16. The molecule has 7 nitrogen and oxygen atoms in total. The van der Waals surface area contributed by atoms with Gasteiger partial charge < -0.3 is 19.5 Å². The molecule has 2 aromatic carbocycles. The summed E-state index contributed by atoms with van der Waals surface area (Å²) in [6, 6.07) is 8.78. The minimum atomic E-state index is -0.700. The highest BCUT2D eigenvalue weighted by molar-refractivity contribution is 5.96. The maximum Gasteiger partial charge on any atom is 0.316 e. The number of halogens is 2. The Morgan fingerprint density at radius 2 is 1.88 bits per heavy atom. The zero-order valence-corrected chi connectivity index (χ0v) is 17.7. The Balaban J connectivity index is 1.72. The zero-order chi connectivity index (χ0) is 22.8. The Morgan fingerprint density at radius 3 is 2.53 bits per heavy atom. The Bertz CT molecular complexity index is 1220. The number of nitrogens with zero attached hydrogens (tertiary/aromatic N) is 3. The molecule has 1 fully saturated rings. The van der Waals surface area contributed by atoms with Crippen LogP contribution in [0.5, 0.6) is 5.75 Å². The smallest absolute Gasteiger partial charge is 0.316 e. The third kappa shape index (κ3) is 4.46. The number of nitrogens with one attached hydrogen (secondary N) is 1. The first-order chi connectivity index (χ1) is 15.3. The molecule has 1 saturated heterocycles. The molecule has 0 unspecified atom stereocenters. The van der Waals surface area contributed by atoms with Crippen LogP contribution < -0.4 is 20.5 Å². The number of anilines is 3. The second-order valence-electron chi connectivity index (χ2n) is 7.62. The molecular weight excluding hydrogens is 418 g/mol. The van der Waals surface area contributed by atoms with Gasteiger partial charge in [-0.2, -0.15) is 4.98 Å². The first-order valence-corrected chi connectivity index (χ1v) is 10.1. The molecule has 166 valence electrons. The second-order valence-corrected chi connectivity index (χ2v) is 7.62. The lowest BCUT2D eigenvalue weighted by atomic mass is 10.1. The summed E-state index contributed by atoms with van der Waals surface area (Å²) in [6.07, 6.45) is 2.75. The van der Waals surface area contributed by atoms with Gasteiger partial charge in [0.05, 0.1) is 19.9 Å². The molecular formula is C23H22F2N4O3. The van der Waals surface area contributed by atoms with Gasteiger partial charge in [0, 0.05) is 30.4 Å². The quantitative estimate of drug-likeness (QED) is 0.632. The molecule has 4 rings (SSSR count). The van der Waals surface area contributed by atoms with Crippen molar-refractivity contribution in [3.8, 4) is 5.75 Å². The summed E-state index contributed by atoms with van der Waals surface area (Å²) in [5.41, 5.74) is 2.04. The predicted octanol–water partition coefficient (Wildman–Crippen LogP) is 3.76. The van der Waals surface area contributed by atoms with Crippen molar-refractivity contribution in [1.29, 1.82) is 0 Å². The zero-order valence-electron chi connectivity index (χ0n) is 17.7. The van der Waals surface area contributed by atoms with Gasteiger partial charge in [-0.1, -0.05) is 6.07 Å². The molecule has 0 bridgehead atoms. The van der Waals surface area contributed by atoms with Gasteiger partial charge in [0.25, 0.3) is 0 Å². The first-order valence-electron chi connectivity index (χ1n) is 10.1. The van der Waals surface area contributed by atoms with Crippen molar-refractivity contribution in [2.75, 3.05) is 23.9 Å². The molecule has 0 atom stereocenters. The molecule has 1 aliphatic heterocycles. The number of amides is 1. The van der Waals surface area contributed by atoms with E-state index in [0.717, 1.165) is 23.7 Å². The molecule has 1 aromatic heterocycles. The van der Waals surface area contributed by atoms with Crippen LogP contribution in [0.4, 0.5) is 26.1 Å². The van der Waals surface area contributed by atoms with Crippen LogP contribution in [0.2, 0.25) is 0 Å². The lowest BCUT2D eigenvalue weighted by Crippen LogP contribution is -2.24. The maximum atomic E-state index is 13.7. The van der Waals surface area contributed by atoms with Crippen LogP contribution in [0.3, 0.4) is 0 Å². The number of carbonyl (C=O) groups is 1. The maximum absolute atomic E-state index is 13.7. The summed E-state index contributed by atoms with van der Waals surface area (Å²) in [7, 11) is 1.35. The second kappa shape index (κ2) is 8.78. The predicted molar refractivity (Wildman–Crippen MR) is 117 cm³/mol. The van der Waals surface area contributed by atoms with Crippen LogP contribution in [0.1, 0.15) is 24.0 Å². The number of methoxy groups -OCH3 is 1. The van der Waals surface area contributed by atoms with E-state index < -0.39 is 17.2 Å². The third-order valence-corrected chi connectivity index (χ3v) is 5.31. The molecule has 0 radical (unpaired) electrons. The number of carbonyl (C=O) groups excluding carboxylic acids is 1. The van der Waals surface area contributed by atoms with Crippen LogP contribution >= 0.6 is 0 Å². The van der Waals surface area contributed by atoms with Gasteiger partial charge in [-0.15, -0.1) is 0 Å². The average Bonchev–Trinajstić information content (AvgIpc) is 3.16. The van der Waals surface area contributed by atoms with Crippen molar-refractivity contribution >= 4 is 23.2 Å². The molecule has 1 aliphatic rings. The van der Waals surface area contributed by atoms with Crippen LogP contribution in [-0.2, 0) is 11.3 Å². The van der Waals surface area contributed by atoms with Crippen molar-refractivity contribution in [3.63, 3.8) is 0 Å². The van der Waals surface area contributed by atoms with Crippen molar-refractivity contribution < 1.29 is 18.3 Å². The van der Waals surface area contributed by atoms with E-state index in [2.05, 4.69) is 10.3 Å². The highest BCUT2D eigenvalue weighted by Gasteiger charge is 2.22. The van der Waals surface area contributed by atoms with E-state index in [-0.39, 0.29) is 24.1 Å². The SMILES string of the molecule is COc1cn(Cc2cc(F)cc(F)c2)c(Nc2cc(N3CCCC3=O)ccc2C)nc1=O. The van der Waals surface area contributed by atoms with Crippen molar-refractivity contribution in [1.82, 2.24) is 9.55 Å². The van der Waals surface area contributed by atoms with Gasteiger partial charge in [0.1, 0.15) is 11.6 Å². The average molecular weight is 440 g/mol. The summed E-state index contributed by atoms with van der Waals surface area (Å²) < 4.78 is 34.0. The van der Waals surface area contributed by atoms with Gasteiger partial charge >= 0.3 is 5.56 Å². The monoisotopic (exact) mass is 440 g/mol. The van der Waals surface area contributed by atoms with Gasteiger partial charge in [0.2, 0.25) is 17.6 Å². The lowest BCUT2D eigenvalue weighted by molar-refractivity contribution is -0.117. The van der Waals surface area contributed by atoms with E-state index in [0.29, 0.717) is 24.2 Å². The topological polar surface area (TPSA) is 76.5 Å². The number of hydrogen-bond donors (Lipinski definition) is 1. The highest BCUT2D eigenvalue weighted by atomic mass is 19.1. The highest BCUT2D eigenvalue weighted by Crippen LogP contribution is 2.28. The van der Waals surface area contributed by atoms with Crippen molar-refractivity contribution in [3.05, 3.63) is 75.7 Å². The van der Waals surface area contributed by atoms with Crippen molar-refractivity contribution in [2.24, 2.45) is 0 Å². The fraction of sp³-hybridized carbons (Fsp3) is 0.261. The number of rotatable bonds is 6. The molecule has 2 heterocycles. The van der Waals surface area contributed by atoms with E-state index in [4.69, 9.17) is 4.74 Å². The number of benzene rings is 2. The van der Waals surface area contributed by atoms with E-state index in [1.807, 2.05) is 25.1 Å². The Kier molecular flexibility index (Phi) is 5.89. The summed E-state index contributed by atoms with van der Waals surface area (Å²) in [5, 5.41) is 3.13. The molecule has 9 heteroatoms. The molecule has 1 N–H and O–H groups in total. The standard InChI is InChI=1S/C23H22F2N4O3/c1-14-5-6-18(29-7-3-4-21(29)30)11-19(14)26-23-27-22(31)20(32-2)13-28(23)12-15-8-16(24)10-17(25)9-15/h5-6,8-11,13H,3-4,7,12H2,1-2H3,(H,26,27,31). The fourth-order valence-corrected chi connectivity index (χ4v) is 3.69. The van der Waals surface area contributed by atoms with Gasteiger partial charge in [0.15, 0.2) is 0 Å². The van der Waals surface area contributed by atoms with E-state index in [1.54, 1.807) is 9.47 Å². The van der Waals surface area contributed by atoms with Gasteiger partial charge in [-0.05, 0) is 48.7 Å². The lowest BCUT2D eigenvalue weighted by Gasteiger charge is -2.20. The van der Waals surface area contributed by atoms with Crippen molar-refractivity contribution in [2.45, 2.75) is 26.3 Å². The number of aromatic nitrogens is 2. The number of aryl methyl sites for hydroxylation is 1. The molecule has 32 heavy (non-hydrogen) atoms. The molecule has 1 amide bonds. The first kappa shape index (κ1) is 21.5. The summed E-state index contributed by atoms with van der Waals surface area (Å²) in [4.78, 5) is 30.2. The minimum absolute atomic E-state index is 0.000520. The van der Waals surface area contributed by atoms with Gasteiger partial charge in [-0.3, -0.25) is 9.59 Å². The molecule has 0 aliphatic carbocycles. The Hall–Kier alpha value is -3.75. The van der Waals surface area contributed by atoms with E-state index >= 15 is 0 Å². The largest absolute Gasteiger partial charge is 0.490 e. The molecule has 0 saturated carbocycles. The third-order valence-electron chi connectivity index (χ3n) is 5.31. The van der Waals surface area contributed by atoms with E-state index in [9.17, 15) is 18.4 Å². The summed E-state index contributed by atoms with van der Waals surface area (Å²) in [6.45, 7) is 2.58. The van der Waals surface area contributed by atoms with Crippen LogP contribution in [-0.4, -0.2) is 29.1 Å². The number of ether oxygens (including phenoxy) is 1. The van der Waals surface area contributed by atoms with E-state index in [1.165, 1.54) is 25.4 Å². The van der Waals surface area contributed by atoms with Crippen LogP contribution in [0.25, 0.3) is 0 Å². The fourth-order valence-electron chi connectivity index (χ4n) is 3.69. The molecule has 3 aromatic rings. The van der Waals surface area contributed by atoms with Crippen LogP contribution in [0, 0.1) is 18.6 Å². The molecule has 0 spiro atoms. The summed E-state index contributed by atoms with van der Waals surface area (Å²) >= 11 is 0. The van der Waals surface area contributed by atoms with Crippen LogP contribution in [0.15, 0.2) is 47.4 Å². The Labute approximate surface area is 183 Å².